The van der Waals surface area contributed by atoms with Crippen LogP contribution in [-0.2, 0) is 6.42 Å². The van der Waals surface area contributed by atoms with E-state index < -0.39 is 0 Å². The second-order valence-corrected chi connectivity index (χ2v) is 6.33. The van der Waals surface area contributed by atoms with E-state index in [-0.39, 0.29) is 11.9 Å². The lowest BCUT2D eigenvalue weighted by atomic mass is 9.99. The summed E-state index contributed by atoms with van der Waals surface area (Å²) in [5, 5.41) is 0. The molecule has 2 unspecified atom stereocenters. The van der Waals surface area contributed by atoms with E-state index in [1.807, 2.05) is 18.3 Å². The van der Waals surface area contributed by atoms with Crippen molar-refractivity contribution in [1.29, 1.82) is 0 Å². The van der Waals surface area contributed by atoms with E-state index in [9.17, 15) is 4.39 Å². The summed E-state index contributed by atoms with van der Waals surface area (Å²) in [5.74, 6) is 6.65. The summed E-state index contributed by atoms with van der Waals surface area (Å²) in [6.07, 6.45) is 3.95. The smallest absolute Gasteiger partial charge is 0.124 e. The Bertz CT molecular complexity index is 620. The predicted molar refractivity (Wildman–Crippen MR) is 83.5 cm³/mol. The highest BCUT2D eigenvalue weighted by molar-refractivity contribution is 7.99. The number of nitrogens with zero attached hydrogens (tertiary/aromatic N) is 1. The Morgan fingerprint density at radius 3 is 3.10 bits per heavy atom. The Labute approximate surface area is 128 Å². The molecule has 0 amide bonds. The average molecular weight is 303 g/mol. The maximum Gasteiger partial charge on any atom is 0.124 e. The molecule has 1 aromatic heterocycles. The van der Waals surface area contributed by atoms with Gasteiger partial charge in [0.2, 0.25) is 0 Å². The van der Waals surface area contributed by atoms with Crippen LogP contribution in [0.1, 0.15) is 23.6 Å². The summed E-state index contributed by atoms with van der Waals surface area (Å²) < 4.78 is 13.2. The number of aryl methyl sites for hydroxylation is 1. The third-order valence-electron chi connectivity index (χ3n) is 3.93. The topological polar surface area (TPSA) is 50.9 Å². The minimum Gasteiger partial charge on any atom is -0.271 e. The fourth-order valence-electron chi connectivity index (χ4n) is 2.86. The lowest BCUT2D eigenvalue weighted by Crippen LogP contribution is -2.41. The van der Waals surface area contributed by atoms with Gasteiger partial charge in [0.25, 0.3) is 0 Å². The van der Waals surface area contributed by atoms with Gasteiger partial charge in [-0.25, -0.2) is 4.39 Å². The van der Waals surface area contributed by atoms with Crippen LogP contribution in [0.15, 0.2) is 47.5 Å². The zero-order chi connectivity index (χ0) is 14.7. The van der Waals surface area contributed by atoms with Crippen LogP contribution in [0.2, 0.25) is 0 Å². The number of benzene rings is 1. The molecule has 0 radical (unpaired) electrons. The Hall–Kier alpha value is -1.43. The molecule has 0 saturated carbocycles. The maximum absolute atomic E-state index is 13.2. The zero-order valence-corrected chi connectivity index (χ0v) is 12.4. The molecule has 0 fully saturated rings. The molecule has 0 bridgehead atoms. The van der Waals surface area contributed by atoms with E-state index in [2.05, 4.69) is 16.5 Å². The number of rotatable bonds is 5. The van der Waals surface area contributed by atoms with Gasteiger partial charge >= 0.3 is 0 Å². The van der Waals surface area contributed by atoms with Crippen molar-refractivity contribution in [3.8, 4) is 0 Å². The third-order valence-corrected chi connectivity index (χ3v) is 5.04. The normalized spacial score (nSPS) is 18.5. The molecule has 0 aliphatic heterocycles. The molecule has 1 aliphatic carbocycles. The Morgan fingerprint density at radius 2 is 2.29 bits per heavy atom. The van der Waals surface area contributed by atoms with E-state index in [0.29, 0.717) is 5.92 Å². The van der Waals surface area contributed by atoms with Crippen LogP contribution < -0.4 is 11.3 Å². The number of hydrogen-bond acceptors (Lipinski definition) is 4. The Morgan fingerprint density at radius 1 is 1.38 bits per heavy atom. The van der Waals surface area contributed by atoms with Gasteiger partial charge in [-0.3, -0.25) is 16.3 Å². The number of aromatic nitrogens is 1. The van der Waals surface area contributed by atoms with E-state index in [4.69, 9.17) is 5.84 Å². The Balaban J connectivity index is 1.69. The molecule has 110 valence electrons. The third kappa shape index (κ3) is 3.26. The monoisotopic (exact) mass is 303 g/mol. The highest BCUT2D eigenvalue weighted by atomic mass is 32.2. The first kappa shape index (κ1) is 14.5. The van der Waals surface area contributed by atoms with E-state index in [1.54, 1.807) is 23.9 Å². The van der Waals surface area contributed by atoms with Crippen molar-refractivity contribution >= 4 is 11.8 Å². The van der Waals surface area contributed by atoms with Crippen LogP contribution in [0, 0.1) is 5.82 Å². The van der Waals surface area contributed by atoms with Crippen LogP contribution in [-0.4, -0.2) is 16.8 Å². The second kappa shape index (κ2) is 6.56. The fraction of sp³-hybridized carbons (Fsp3) is 0.312. The molecule has 1 aliphatic rings. The number of nitrogens with one attached hydrogen (secondary N) is 1. The van der Waals surface area contributed by atoms with Gasteiger partial charge in [-0.1, -0.05) is 12.1 Å². The summed E-state index contributed by atoms with van der Waals surface area (Å²) >= 11 is 1.62. The largest absolute Gasteiger partial charge is 0.271 e. The van der Waals surface area contributed by atoms with Crippen molar-refractivity contribution < 1.29 is 4.39 Å². The number of pyridine rings is 1. The predicted octanol–water partition coefficient (Wildman–Crippen LogP) is 2.87. The maximum atomic E-state index is 13.2. The van der Waals surface area contributed by atoms with Crippen molar-refractivity contribution in [2.75, 3.05) is 5.75 Å². The molecule has 0 spiro atoms. The van der Waals surface area contributed by atoms with Gasteiger partial charge < -0.3 is 0 Å². The van der Waals surface area contributed by atoms with Crippen LogP contribution >= 0.6 is 11.8 Å². The number of thioether (sulfide) groups is 1. The van der Waals surface area contributed by atoms with Gasteiger partial charge in [0.15, 0.2) is 0 Å². The molecule has 1 aromatic carbocycles. The van der Waals surface area contributed by atoms with Crippen molar-refractivity contribution in [2.24, 2.45) is 5.84 Å². The van der Waals surface area contributed by atoms with Gasteiger partial charge in [-0.2, -0.15) is 0 Å². The summed E-state index contributed by atoms with van der Waals surface area (Å²) in [5.41, 5.74) is 5.39. The number of halogens is 1. The van der Waals surface area contributed by atoms with Gasteiger partial charge in [0.05, 0.1) is 0 Å². The molecular weight excluding hydrogens is 285 g/mol. The number of hydrogen-bond donors (Lipinski definition) is 2. The molecule has 21 heavy (non-hydrogen) atoms. The molecule has 3 N–H and O–H groups in total. The summed E-state index contributed by atoms with van der Waals surface area (Å²) in [7, 11) is 0. The molecule has 0 saturated heterocycles. The van der Waals surface area contributed by atoms with Crippen LogP contribution in [0.4, 0.5) is 4.39 Å². The molecule has 1 heterocycles. The lowest BCUT2D eigenvalue weighted by Gasteiger charge is -2.22. The average Bonchev–Trinajstić information content (AvgIpc) is 2.92. The fourth-order valence-corrected chi connectivity index (χ4v) is 3.93. The van der Waals surface area contributed by atoms with Crippen LogP contribution in [0.25, 0.3) is 0 Å². The van der Waals surface area contributed by atoms with Crippen molar-refractivity contribution in [2.45, 2.75) is 29.7 Å². The quantitative estimate of drug-likeness (QED) is 0.506. The SMILES string of the molecule is NNC(CSc1cccc(F)c1)C1CCc2cccnc21. The minimum absolute atomic E-state index is 0.134. The summed E-state index contributed by atoms with van der Waals surface area (Å²) in [6, 6.07) is 10.9. The first-order valence-electron chi connectivity index (χ1n) is 7.06. The van der Waals surface area contributed by atoms with Gasteiger partial charge in [0.1, 0.15) is 5.82 Å². The lowest BCUT2D eigenvalue weighted by molar-refractivity contribution is 0.468. The number of fused-ring (bicyclic) bond motifs is 1. The van der Waals surface area contributed by atoms with Crippen molar-refractivity contribution in [1.82, 2.24) is 10.4 Å². The summed E-state index contributed by atoms with van der Waals surface area (Å²) in [6.45, 7) is 0. The number of nitrogens with two attached hydrogens (primary N) is 1. The first-order valence-corrected chi connectivity index (χ1v) is 8.05. The Kier molecular flexibility index (Phi) is 4.53. The summed E-state index contributed by atoms with van der Waals surface area (Å²) in [4.78, 5) is 5.44. The number of hydrazine groups is 1. The molecule has 3 rings (SSSR count). The molecule has 2 aromatic rings. The van der Waals surface area contributed by atoms with E-state index in [0.717, 1.165) is 29.2 Å². The standard InChI is InChI=1S/C16H18FN3S/c17-12-4-1-5-13(9-12)21-10-15(20-18)14-7-6-11-3-2-8-19-16(11)14/h1-5,8-9,14-15,20H,6-7,10,18H2. The van der Waals surface area contributed by atoms with Crippen molar-refractivity contribution in [3.63, 3.8) is 0 Å². The highest BCUT2D eigenvalue weighted by Gasteiger charge is 2.30. The first-order chi connectivity index (χ1) is 10.3. The second-order valence-electron chi connectivity index (χ2n) is 5.23. The highest BCUT2D eigenvalue weighted by Crippen LogP contribution is 2.35. The van der Waals surface area contributed by atoms with Gasteiger partial charge in [-0.05, 0) is 42.7 Å². The molecular formula is C16H18FN3S. The van der Waals surface area contributed by atoms with Gasteiger partial charge in [0, 0.05) is 34.5 Å². The molecule has 5 heteroatoms. The van der Waals surface area contributed by atoms with Crippen LogP contribution in [0.5, 0.6) is 0 Å². The molecule has 3 nitrogen and oxygen atoms in total. The minimum atomic E-state index is -0.204. The van der Waals surface area contributed by atoms with Gasteiger partial charge in [-0.15, -0.1) is 11.8 Å². The zero-order valence-electron chi connectivity index (χ0n) is 11.6. The van der Waals surface area contributed by atoms with Crippen LogP contribution in [0.3, 0.4) is 0 Å². The molecule has 2 atom stereocenters. The van der Waals surface area contributed by atoms with Crippen molar-refractivity contribution in [3.05, 3.63) is 59.7 Å². The van der Waals surface area contributed by atoms with E-state index in [1.165, 1.54) is 11.6 Å². The van der Waals surface area contributed by atoms with E-state index >= 15 is 0 Å².